The molecule has 0 bridgehead atoms. The topological polar surface area (TPSA) is 121 Å². The number of hydrogen-bond acceptors (Lipinski definition) is 9. The van der Waals surface area contributed by atoms with E-state index in [2.05, 4.69) is 40.9 Å². The van der Waals surface area contributed by atoms with Crippen LogP contribution in [0, 0.1) is 5.82 Å². The SMILES string of the molecule is O=C(c1ccc(Nc2ncccn2)cc1F)N(c1nccc2cc(Nc3ncccn3)ccc12)[C@@H]1CCCNC1. The second-order valence-corrected chi connectivity index (χ2v) is 9.34. The molecular weight excluding hydrogens is 509 g/mol. The molecule has 40 heavy (non-hydrogen) atoms. The molecule has 200 valence electrons. The van der Waals surface area contributed by atoms with Crippen molar-refractivity contribution in [3.8, 4) is 0 Å². The van der Waals surface area contributed by atoms with E-state index in [4.69, 9.17) is 0 Å². The van der Waals surface area contributed by atoms with Gasteiger partial charge >= 0.3 is 0 Å². The normalized spacial score (nSPS) is 15.0. The highest BCUT2D eigenvalue weighted by Crippen LogP contribution is 2.32. The van der Waals surface area contributed by atoms with E-state index in [1.54, 1.807) is 54.1 Å². The zero-order chi connectivity index (χ0) is 27.3. The number of rotatable bonds is 7. The van der Waals surface area contributed by atoms with Gasteiger partial charge in [-0.15, -0.1) is 0 Å². The third-order valence-electron chi connectivity index (χ3n) is 6.67. The molecule has 1 aliphatic rings. The van der Waals surface area contributed by atoms with Crippen molar-refractivity contribution in [1.29, 1.82) is 0 Å². The minimum Gasteiger partial charge on any atom is -0.324 e. The van der Waals surface area contributed by atoms with Gasteiger partial charge < -0.3 is 16.0 Å². The van der Waals surface area contributed by atoms with E-state index < -0.39 is 11.7 Å². The predicted molar refractivity (Wildman–Crippen MR) is 151 cm³/mol. The molecule has 1 saturated heterocycles. The van der Waals surface area contributed by atoms with Crippen LogP contribution in [0.15, 0.2) is 85.6 Å². The number of amides is 1. The highest BCUT2D eigenvalue weighted by Gasteiger charge is 2.31. The van der Waals surface area contributed by atoms with Crippen LogP contribution in [0.4, 0.5) is 33.5 Å². The van der Waals surface area contributed by atoms with E-state index in [0.717, 1.165) is 35.8 Å². The van der Waals surface area contributed by atoms with Crippen molar-refractivity contribution in [2.24, 2.45) is 0 Å². The van der Waals surface area contributed by atoms with E-state index in [-0.39, 0.29) is 11.6 Å². The monoisotopic (exact) mass is 535 g/mol. The van der Waals surface area contributed by atoms with Crippen molar-refractivity contribution in [2.75, 3.05) is 28.6 Å². The Kier molecular flexibility index (Phi) is 7.18. The van der Waals surface area contributed by atoms with E-state index in [1.807, 2.05) is 24.3 Å². The number of hydrogen-bond donors (Lipinski definition) is 3. The number of carbonyl (C=O) groups is 1. The first-order valence-corrected chi connectivity index (χ1v) is 13.0. The third-order valence-corrected chi connectivity index (χ3v) is 6.67. The fraction of sp³-hybridized carbons (Fsp3) is 0.172. The lowest BCUT2D eigenvalue weighted by Gasteiger charge is -2.34. The molecular formula is C29H26FN9O. The lowest BCUT2D eigenvalue weighted by molar-refractivity contribution is 0.0968. The summed E-state index contributed by atoms with van der Waals surface area (Å²) in [6, 6.07) is 15.3. The van der Waals surface area contributed by atoms with Crippen LogP contribution < -0.4 is 20.9 Å². The van der Waals surface area contributed by atoms with Gasteiger partial charge in [-0.25, -0.2) is 29.3 Å². The largest absolute Gasteiger partial charge is 0.324 e. The Morgan fingerprint density at radius 1 is 0.850 bits per heavy atom. The van der Waals surface area contributed by atoms with Crippen LogP contribution in [0.1, 0.15) is 23.2 Å². The van der Waals surface area contributed by atoms with Crippen LogP contribution in [-0.2, 0) is 0 Å². The molecule has 0 unspecified atom stereocenters. The van der Waals surface area contributed by atoms with Gasteiger partial charge in [0.1, 0.15) is 11.6 Å². The predicted octanol–water partition coefficient (Wildman–Crippen LogP) is 4.84. The molecule has 11 heteroatoms. The van der Waals surface area contributed by atoms with Crippen LogP contribution in [0.25, 0.3) is 10.8 Å². The van der Waals surface area contributed by atoms with Gasteiger partial charge in [-0.05, 0) is 79.4 Å². The van der Waals surface area contributed by atoms with Crippen LogP contribution in [0.5, 0.6) is 0 Å². The zero-order valence-corrected chi connectivity index (χ0v) is 21.5. The summed E-state index contributed by atoms with van der Waals surface area (Å²) in [6.07, 6.45) is 9.84. The molecule has 0 saturated carbocycles. The second kappa shape index (κ2) is 11.4. The van der Waals surface area contributed by atoms with Gasteiger partial charge in [-0.3, -0.25) is 9.69 Å². The molecule has 10 nitrogen and oxygen atoms in total. The number of nitrogens with zero attached hydrogens (tertiary/aromatic N) is 6. The smallest absolute Gasteiger partial charge is 0.262 e. The molecule has 0 spiro atoms. The van der Waals surface area contributed by atoms with Crippen molar-refractivity contribution in [1.82, 2.24) is 30.2 Å². The Bertz CT molecular complexity index is 1630. The van der Waals surface area contributed by atoms with Gasteiger partial charge in [-0.1, -0.05) is 0 Å². The Morgan fingerprint density at radius 3 is 2.17 bits per heavy atom. The standard InChI is InChI=1S/C29H26FN9O/c30-25-17-21(38-29-35-13-3-14-36-29)6-8-24(25)27(40)39(22-4-1-10-31-18-22)26-23-7-5-20(16-19(23)9-15-32-26)37-28-33-11-2-12-34-28/h2-3,5-9,11-17,22,31H,1,4,10,18H2,(H,33,34,37)(H,35,36,38)/t22-/m1/s1. The summed E-state index contributed by atoms with van der Waals surface area (Å²) >= 11 is 0. The van der Waals surface area contributed by atoms with Crippen LogP contribution in [0.2, 0.25) is 0 Å². The highest BCUT2D eigenvalue weighted by atomic mass is 19.1. The van der Waals surface area contributed by atoms with Gasteiger partial charge in [0.25, 0.3) is 5.91 Å². The summed E-state index contributed by atoms with van der Waals surface area (Å²) in [5.74, 6) is 0.206. The number of halogens is 1. The quantitative estimate of drug-likeness (QED) is 0.269. The lowest BCUT2D eigenvalue weighted by Crippen LogP contribution is -2.49. The second-order valence-electron chi connectivity index (χ2n) is 9.34. The van der Waals surface area contributed by atoms with Gasteiger partial charge in [0.05, 0.1) is 11.6 Å². The molecule has 1 amide bonds. The van der Waals surface area contributed by atoms with Gasteiger partial charge in [-0.2, -0.15) is 0 Å². The fourth-order valence-electron chi connectivity index (χ4n) is 4.80. The molecule has 3 N–H and O–H groups in total. The van der Waals surface area contributed by atoms with Gasteiger partial charge in [0.15, 0.2) is 0 Å². The molecule has 0 radical (unpaired) electrons. The number of nitrogens with one attached hydrogen (secondary N) is 3. The molecule has 1 atom stereocenters. The van der Waals surface area contributed by atoms with E-state index >= 15 is 4.39 Å². The summed E-state index contributed by atoms with van der Waals surface area (Å²) in [5.41, 5.74) is 1.20. The van der Waals surface area contributed by atoms with Crippen molar-refractivity contribution in [3.05, 3.63) is 97.0 Å². The Labute approximate surface area is 229 Å². The maximum Gasteiger partial charge on any atom is 0.262 e. The highest BCUT2D eigenvalue weighted by molar-refractivity contribution is 6.10. The molecule has 6 rings (SSSR count). The third kappa shape index (κ3) is 5.40. The molecule has 3 aromatic heterocycles. The first kappa shape index (κ1) is 25.3. The van der Waals surface area contributed by atoms with E-state index in [0.29, 0.717) is 29.9 Å². The van der Waals surface area contributed by atoms with Gasteiger partial charge in [0.2, 0.25) is 11.9 Å². The first-order chi connectivity index (χ1) is 19.7. The summed E-state index contributed by atoms with van der Waals surface area (Å²) in [6.45, 7) is 1.45. The molecule has 1 aliphatic heterocycles. The van der Waals surface area contributed by atoms with Crippen molar-refractivity contribution >= 4 is 45.8 Å². The molecule has 4 heterocycles. The number of fused-ring (bicyclic) bond motifs is 1. The number of anilines is 5. The maximum absolute atomic E-state index is 15.4. The Hall–Kier alpha value is -5.03. The Morgan fingerprint density at radius 2 is 1.52 bits per heavy atom. The Balaban J connectivity index is 1.35. The summed E-state index contributed by atoms with van der Waals surface area (Å²) in [4.78, 5) is 36.9. The molecule has 5 aromatic rings. The molecule has 0 aliphatic carbocycles. The number of piperidine rings is 1. The van der Waals surface area contributed by atoms with Crippen LogP contribution in [-0.4, -0.2) is 50.0 Å². The van der Waals surface area contributed by atoms with E-state index in [1.165, 1.54) is 12.1 Å². The van der Waals surface area contributed by atoms with E-state index in [9.17, 15) is 4.79 Å². The number of pyridine rings is 1. The number of benzene rings is 2. The zero-order valence-electron chi connectivity index (χ0n) is 21.5. The lowest BCUT2D eigenvalue weighted by atomic mass is 10.0. The van der Waals surface area contributed by atoms with Crippen molar-refractivity contribution < 1.29 is 9.18 Å². The fourth-order valence-corrected chi connectivity index (χ4v) is 4.80. The molecule has 2 aromatic carbocycles. The summed E-state index contributed by atoms with van der Waals surface area (Å²) < 4.78 is 15.4. The number of aromatic nitrogens is 5. The minimum atomic E-state index is -0.644. The minimum absolute atomic E-state index is 0.0385. The number of carbonyl (C=O) groups excluding carboxylic acids is 1. The maximum atomic E-state index is 15.4. The van der Waals surface area contributed by atoms with Crippen LogP contribution >= 0.6 is 0 Å². The van der Waals surface area contributed by atoms with Crippen molar-refractivity contribution in [2.45, 2.75) is 18.9 Å². The van der Waals surface area contributed by atoms with Gasteiger partial charge in [0, 0.05) is 54.3 Å². The summed E-state index contributed by atoms with van der Waals surface area (Å²) in [7, 11) is 0. The van der Waals surface area contributed by atoms with Crippen LogP contribution in [0.3, 0.4) is 0 Å². The summed E-state index contributed by atoms with van der Waals surface area (Å²) in [5, 5.41) is 11.2. The molecule has 1 fully saturated rings. The average molecular weight is 536 g/mol. The average Bonchev–Trinajstić information content (AvgIpc) is 2.99. The first-order valence-electron chi connectivity index (χ1n) is 13.0. The van der Waals surface area contributed by atoms with Crippen molar-refractivity contribution in [3.63, 3.8) is 0 Å².